The van der Waals surface area contributed by atoms with Crippen molar-refractivity contribution in [1.29, 1.82) is 0 Å². The smallest absolute Gasteiger partial charge is 0.191 e. The number of hydrogen-bond acceptors (Lipinski definition) is 3. The van der Waals surface area contributed by atoms with E-state index in [0.29, 0.717) is 24.4 Å². The zero-order chi connectivity index (χ0) is 18.8. The highest BCUT2D eigenvalue weighted by Crippen LogP contribution is 2.23. The maximum Gasteiger partial charge on any atom is 0.191 e. The van der Waals surface area contributed by atoms with Crippen molar-refractivity contribution in [2.75, 3.05) is 18.9 Å². The Hall–Kier alpha value is -1.56. The molecule has 1 aliphatic carbocycles. The van der Waals surface area contributed by atoms with E-state index in [4.69, 9.17) is 9.73 Å². The fraction of sp³-hybridized carbons (Fsp3) is 0.650. The molecule has 0 heterocycles. The third-order valence-electron chi connectivity index (χ3n) is 4.65. The molecule has 0 radical (unpaired) electrons. The Balaban J connectivity index is 2.01. The first kappa shape index (κ1) is 20.7. The number of aliphatic imine (C=N–C) groups is 1. The number of ether oxygens (including phenoxy) is 1. The Morgan fingerprint density at radius 1 is 1.27 bits per heavy atom. The van der Waals surface area contributed by atoms with Crippen LogP contribution in [0.1, 0.15) is 52.0 Å². The summed E-state index contributed by atoms with van der Waals surface area (Å²) in [6, 6.07) is 8.38. The number of hydrogen-bond donors (Lipinski definition) is 2. The van der Waals surface area contributed by atoms with Crippen molar-refractivity contribution in [3.8, 4) is 5.75 Å². The molecule has 0 bridgehead atoms. The van der Waals surface area contributed by atoms with Gasteiger partial charge in [-0.15, -0.1) is 0 Å². The molecular weight excluding hydrogens is 346 g/mol. The zero-order valence-corrected chi connectivity index (χ0v) is 17.1. The van der Waals surface area contributed by atoms with Crippen LogP contribution < -0.4 is 15.4 Å². The lowest BCUT2D eigenvalue weighted by Crippen LogP contribution is -2.46. The van der Waals surface area contributed by atoms with Crippen molar-refractivity contribution in [3.63, 3.8) is 0 Å². The molecule has 0 amide bonds. The zero-order valence-electron chi connectivity index (χ0n) is 16.3. The van der Waals surface area contributed by atoms with Gasteiger partial charge >= 0.3 is 0 Å². The van der Waals surface area contributed by atoms with Crippen LogP contribution in [0.5, 0.6) is 5.75 Å². The summed E-state index contributed by atoms with van der Waals surface area (Å²) in [5, 5.41) is 7.20. The van der Waals surface area contributed by atoms with Crippen LogP contribution in [0.4, 0.5) is 0 Å². The number of benzene rings is 1. The average molecular weight is 380 g/mol. The van der Waals surface area contributed by atoms with Crippen LogP contribution in [-0.4, -0.2) is 40.4 Å². The van der Waals surface area contributed by atoms with E-state index in [-0.39, 0.29) is 0 Å². The van der Waals surface area contributed by atoms with Crippen LogP contribution >= 0.6 is 0 Å². The van der Waals surface area contributed by atoms with Gasteiger partial charge in [-0.1, -0.05) is 31.5 Å². The summed E-state index contributed by atoms with van der Waals surface area (Å²) < 4.78 is 17.8. The first-order valence-electron chi connectivity index (χ1n) is 9.80. The van der Waals surface area contributed by atoms with Crippen molar-refractivity contribution in [2.45, 2.75) is 64.3 Å². The minimum atomic E-state index is -0.708. The van der Waals surface area contributed by atoms with Gasteiger partial charge in [-0.3, -0.25) is 4.21 Å². The fourth-order valence-electron chi connectivity index (χ4n) is 3.36. The van der Waals surface area contributed by atoms with Crippen molar-refractivity contribution in [2.24, 2.45) is 4.99 Å². The van der Waals surface area contributed by atoms with E-state index in [9.17, 15) is 4.21 Å². The Bertz CT molecular complexity index is 606. The van der Waals surface area contributed by atoms with Crippen LogP contribution in [0, 0.1) is 0 Å². The summed E-state index contributed by atoms with van der Waals surface area (Å²) in [6.07, 6.45) is 4.27. The highest BCUT2D eigenvalue weighted by atomic mass is 32.2. The molecule has 26 heavy (non-hydrogen) atoms. The molecule has 1 aromatic carbocycles. The third-order valence-corrected chi connectivity index (χ3v) is 6.39. The molecule has 0 aliphatic heterocycles. The van der Waals surface area contributed by atoms with Gasteiger partial charge in [0.1, 0.15) is 5.75 Å². The SMILES string of the molecule is CCNC(=NCc1ccccc1OCC)NC1CCCC(S(=O)CC)C1. The standard InChI is InChI=1S/C20H33N3O2S/c1-4-21-20(22-15-16-10-7-8-13-19(16)25-5-2)23-17-11-9-12-18(14-17)26(24)6-3/h7-8,10,13,17-18H,4-6,9,11-12,14-15H2,1-3H3,(H2,21,22,23). The normalized spacial score (nSPS) is 21.9. The lowest BCUT2D eigenvalue weighted by molar-refractivity contribution is 0.336. The summed E-state index contributed by atoms with van der Waals surface area (Å²) in [7, 11) is -0.708. The van der Waals surface area contributed by atoms with Crippen LogP contribution in [-0.2, 0) is 17.3 Å². The predicted molar refractivity (Wildman–Crippen MR) is 110 cm³/mol. The largest absolute Gasteiger partial charge is 0.494 e. The van der Waals surface area contributed by atoms with Crippen LogP contribution in [0.15, 0.2) is 29.3 Å². The number of guanidine groups is 1. The quantitative estimate of drug-likeness (QED) is 0.538. The average Bonchev–Trinajstić information content (AvgIpc) is 2.67. The van der Waals surface area contributed by atoms with Gasteiger partial charge in [0.15, 0.2) is 5.96 Å². The first-order valence-corrected chi connectivity index (χ1v) is 11.2. The van der Waals surface area contributed by atoms with E-state index in [1.54, 1.807) is 0 Å². The number of rotatable bonds is 8. The summed E-state index contributed by atoms with van der Waals surface area (Å²) in [4.78, 5) is 4.75. The number of nitrogens with one attached hydrogen (secondary N) is 2. The summed E-state index contributed by atoms with van der Waals surface area (Å²) in [5.41, 5.74) is 1.08. The van der Waals surface area contributed by atoms with Gasteiger partial charge in [-0.2, -0.15) is 0 Å². The van der Waals surface area contributed by atoms with E-state index >= 15 is 0 Å². The first-order chi connectivity index (χ1) is 12.7. The van der Waals surface area contributed by atoms with E-state index in [1.807, 2.05) is 32.0 Å². The second-order valence-electron chi connectivity index (χ2n) is 6.54. The second kappa shape index (κ2) is 11.2. The molecule has 0 spiro atoms. The minimum absolute atomic E-state index is 0.313. The Morgan fingerprint density at radius 3 is 2.81 bits per heavy atom. The summed E-state index contributed by atoms with van der Waals surface area (Å²) in [6.45, 7) is 8.11. The second-order valence-corrected chi connectivity index (χ2v) is 8.54. The third kappa shape index (κ3) is 6.31. The molecule has 3 unspecified atom stereocenters. The van der Waals surface area contributed by atoms with Crippen molar-refractivity contribution in [3.05, 3.63) is 29.8 Å². The van der Waals surface area contributed by atoms with Crippen LogP contribution in [0.2, 0.25) is 0 Å². The molecule has 0 saturated heterocycles. The van der Waals surface area contributed by atoms with Gasteiger partial charge in [0.25, 0.3) is 0 Å². The molecule has 3 atom stereocenters. The molecule has 2 N–H and O–H groups in total. The molecule has 5 nitrogen and oxygen atoms in total. The lowest BCUT2D eigenvalue weighted by Gasteiger charge is -2.30. The van der Waals surface area contributed by atoms with Crippen molar-refractivity contribution >= 4 is 16.8 Å². The van der Waals surface area contributed by atoms with Gasteiger partial charge in [0.2, 0.25) is 0 Å². The molecule has 1 aliphatic rings. The monoisotopic (exact) mass is 379 g/mol. The number of nitrogens with zero attached hydrogens (tertiary/aromatic N) is 1. The molecule has 0 aromatic heterocycles. The highest BCUT2D eigenvalue weighted by molar-refractivity contribution is 7.85. The topological polar surface area (TPSA) is 62.7 Å². The van der Waals surface area contributed by atoms with E-state index in [1.165, 1.54) is 0 Å². The molecule has 1 saturated carbocycles. The molecule has 6 heteroatoms. The summed E-state index contributed by atoms with van der Waals surface area (Å²) in [5.74, 6) is 2.47. The molecule has 1 aromatic rings. The van der Waals surface area contributed by atoms with E-state index < -0.39 is 10.8 Å². The van der Waals surface area contributed by atoms with Crippen LogP contribution in [0.25, 0.3) is 0 Å². The van der Waals surface area contributed by atoms with Gasteiger partial charge in [-0.25, -0.2) is 4.99 Å². The highest BCUT2D eigenvalue weighted by Gasteiger charge is 2.26. The van der Waals surface area contributed by atoms with Crippen molar-refractivity contribution in [1.82, 2.24) is 10.6 Å². The van der Waals surface area contributed by atoms with Crippen molar-refractivity contribution < 1.29 is 8.95 Å². The molecule has 146 valence electrons. The van der Waals surface area contributed by atoms with E-state index in [2.05, 4.69) is 23.6 Å². The minimum Gasteiger partial charge on any atom is -0.494 e. The Kier molecular flexibility index (Phi) is 8.95. The number of para-hydroxylation sites is 1. The Labute approximate surface area is 160 Å². The van der Waals surface area contributed by atoms with E-state index in [0.717, 1.165) is 55.3 Å². The van der Waals surface area contributed by atoms with Gasteiger partial charge in [0, 0.05) is 40.0 Å². The molecule has 2 rings (SSSR count). The maximum atomic E-state index is 12.2. The van der Waals surface area contributed by atoms with Crippen LogP contribution in [0.3, 0.4) is 0 Å². The maximum absolute atomic E-state index is 12.2. The lowest BCUT2D eigenvalue weighted by atomic mass is 9.95. The van der Waals surface area contributed by atoms with Gasteiger partial charge < -0.3 is 15.4 Å². The molecule has 1 fully saturated rings. The fourth-order valence-corrected chi connectivity index (χ4v) is 4.71. The van der Waals surface area contributed by atoms with Gasteiger partial charge in [-0.05, 0) is 39.2 Å². The molecular formula is C20H33N3O2S. The summed E-state index contributed by atoms with van der Waals surface area (Å²) >= 11 is 0. The van der Waals surface area contributed by atoms with Gasteiger partial charge in [0.05, 0.1) is 13.2 Å². The Morgan fingerprint density at radius 2 is 2.08 bits per heavy atom. The predicted octanol–water partition coefficient (Wildman–Crippen LogP) is 3.22.